The number of amides is 1. The number of nitrogens with zero attached hydrogens (tertiary/aromatic N) is 4. The summed E-state index contributed by atoms with van der Waals surface area (Å²) in [5.41, 5.74) is 3.09. The van der Waals surface area contributed by atoms with Crippen molar-refractivity contribution < 1.29 is 4.79 Å². The van der Waals surface area contributed by atoms with Gasteiger partial charge in [-0.05, 0) is 24.3 Å². The predicted molar refractivity (Wildman–Crippen MR) is 90.0 cm³/mol. The number of pyridine rings is 1. The van der Waals surface area contributed by atoms with Crippen molar-refractivity contribution in [2.45, 2.75) is 0 Å². The second-order valence-electron chi connectivity index (χ2n) is 5.10. The van der Waals surface area contributed by atoms with E-state index >= 15 is 0 Å². The van der Waals surface area contributed by atoms with E-state index in [1.54, 1.807) is 41.1 Å². The zero-order chi connectivity index (χ0) is 16.5. The summed E-state index contributed by atoms with van der Waals surface area (Å²) in [5, 5.41) is 13.6. The number of hydrogen-bond donors (Lipinski definition) is 2. The van der Waals surface area contributed by atoms with Gasteiger partial charge in [-0.3, -0.25) is 9.89 Å². The summed E-state index contributed by atoms with van der Waals surface area (Å²) < 4.78 is 1.77. The number of H-pyrrole nitrogens is 1. The second kappa shape index (κ2) is 5.78. The molecule has 3 heterocycles. The fourth-order valence-electron chi connectivity index (χ4n) is 2.34. The van der Waals surface area contributed by atoms with Crippen molar-refractivity contribution in [2.24, 2.45) is 0 Å². The lowest BCUT2D eigenvalue weighted by Gasteiger charge is -2.04. The monoisotopic (exact) mass is 338 g/mol. The van der Waals surface area contributed by atoms with Crippen LogP contribution in [0, 0.1) is 0 Å². The summed E-state index contributed by atoms with van der Waals surface area (Å²) in [4.78, 5) is 16.7. The van der Waals surface area contributed by atoms with Crippen LogP contribution in [0.3, 0.4) is 0 Å². The van der Waals surface area contributed by atoms with E-state index in [2.05, 4.69) is 25.7 Å². The van der Waals surface area contributed by atoms with Gasteiger partial charge in [0.2, 0.25) is 0 Å². The maximum absolute atomic E-state index is 12.4. The van der Waals surface area contributed by atoms with Crippen molar-refractivity contribution in [2.75, 3.05) is 5.32 Å². The number of fused-ring (bicyclic) bond motifs is 1. The Balaban J connectivity index is 1.65. The van der Waals surface area contributed by atoms with Gasteiger partial charge < -0.3 is 9.72 Å². The molecule has 4 rings (SSSR count). The van der Waals surface area contributed by atoms with Crippen LogP contribution in [-0.2, 0) is 0 Å². The quantitative estimate of drug-likeness (QED) is 0.601. The Morgan fingerprint density at radius 3 is 2.83 bits per heavy atom. The van der Waals surface area contributed by atoms with E-state index < -0.39 is 0 Å². The van der Waals surface area contributed by atoms with Crippen molar-refractivity contribution in [3.05, 3.63) is 65.7 Å². The molecule has 0 aliphatic rings. The second-order valence-corrected chi connectivity index (χ2v) is 5.51. The number of rotatable bonds is 3. The third-order valence-corrected chi connectivity index (χ3v) is 3.85. The van der Waals surface area contributed by atoms with Crippen LogP contribution in [-0.4, -0.2) is 30.7 Å². The summed E-state index contributed by atoms with van der Waals surface area (Å²) in [6.45, 7) is 0. The number of carbonyl (C=O) groups excluding carboxylic acids is 1. The molecule has 7 nitrogen and oxygen atoms in total. The lowest BCUT2D eigenvalue weighted by molar-refractivity contribution is 0.102. The van der Waals surface area contributed by atoms with Crippen molar-refractivity contribution in [3.63, 3.8) is 0 Å². The highest BCUT2D eigenvalue weighted by molar-refractivity contribution is 6.33. The van der Waals surface area contributed by atoms with E-state index in [4.69, 9.17) is 11.6 Å². The van der Waals surface area contributed by atoms with Gasteiger partial charge in [0.25, 0.3) is 5.91 Å². The largest absolute Gasteiger partial charge is 0.319 e. The molecule has 0 aliphatic heterocycles. The van der Waals surface area contributed by atoms with Gasteiger partial charge in [0.1, 0.15) is 17.0 Å². The Bertz CT molecular complexity index is 1020. The van der Waals surface area contributed by atoms with Gasteiger partial charge in [-0.2, -0.15) is 0 Å². The van der Waals surface area contributed by atoms with Gasteiger partial charge in [0.15, 0.2) is 0 Å². The molecule has 0 saturated heterocycles. The molecule has 0 spiro atoms. The number of aromatic nitrogens is 5. The van der Waals surface area contributed by atoms with Crippen LogP contribution in [0.15, 0.2) is 55.0 Å². The van der Waals surface area contributed by atoms with E-state index in [0.29, 0.717) is 27.7 Å². The SMILES string of the molecule is O=C(Nc1ccccc1Cl)c1cn2cc(-c3c[nH]nn3)ccc2n1. The van der Waals surface area contributed by atoms with Gasteiger partial charge >= 0.3 is 0 Å². The number of imidazole rings is 1. The molecule has 1 aromatic carbocycles. The average Bonchev–Trinajstić information content (AvgIpc) is 3.25. The summed E-state index contributed by atoms with van der Waals surface area (Å²) in [5.74, 6) is -0.324. The first-order valence-electron chi connectivity index (χ1n) is 7.12. The van der Waals surface area contributed by atoms with Crippen LogP contribution < -0.4 is 5.32 Å². The molecule has 1 amide bonds. The first kappa shape index (κ1) is 14.4. The molecule has 3 aromatic heterocycles. The lowest BCUT2D eigenvalue weighted by atomic mass is 10.2. The molecule has 4 aromatic rings. The molecule has 0 unspecified atom stereocenters. The maximum atomic E-state index is 12.4. The summed E-state index contributed by atoms with van der Waals surface area (Å²) in [7, 11) is 0. The number of aromatic amines is 1. The fraction of sp³-hybridized carbons (Fsp3) is 0. The Morgan fingerprint density at radius 1 is 1.17 bits per heavy atom. The van der Waals surface area contributed by atoms with Gasteiger partial charge in [-0.15, -0.1) is 5.10 Å². The molecule has 0 fully saturated rings. The van der Waals surface area contributed by atoms with Crippen LogP contribution in [0.1, 0.15) is 10.5 Å². The highest BCUT2D eigenvalue weighted by atomic mass is 35.5. The number of benzene rings is 1. The smallest absolute Gasteiger partial charge is 0.275 e. The Hall–Kier alpha value is -3.19. The van der Waals surface area contributed by atoms with Gasteiger partial charge in [0, 0.05) is 18.0 Å². The van der Waals surface area contributed by atoms with Crippen LogP contribution in [0.5, 0.6) is 0 Å². The summed E-state index contributed by atoms with van der Waals surface area (Å²) in [6.07, 6.45) is 5.20. The fourth-order valence-corrected chi connectivity index (χ4v) is 2.53. The van der Waals surface area contributed by atoms with Crippen molar-refractivity contribution in [3.8, 4) is 11.3 Å². The molecule has 0 atom stereocenters. The maximum Gasteiger partial charge on any atom is 0.275 e. The van der Waals surface area contributed by atoms with E-state index in [-0.39, 0.29) is 5.91 Å². The van der Waals surface area contributed by atoms with E-state index in [1.165, 1.54) is 0 Å². The molecular weight excluding hydrogens is 328 g/mol. The minimum Gasteiger partial charge on any atom is -0.319 e. The number of hydrogen-bond acceptors (Lipinski definition) is 4. The molecule has 0 radical (unpaired) electrons. The first-order chi connectivity index (χ1) is 11.7. The van der Waals surface area contributed by atoms with Gasteiger partial charge in [0.05, 0.1) is 16.9 Å². The van der Waals surface area contributed by atoms with Gasteiger partial charge in [-0.25, -0.2) is 4.98 Å². The normalized spacial score (nSPS) is 10.9. The van der Waals surface area contributed by atoms with Gasteiger partial charge in [-0.1, -0.05) is 28.9 Å². The molecule has 0 saturated carbocycles. The van der Waals surface area contributed by atoms with Crippen LogP contribution in [0.25, 0.3) is 16.9 Å². The molecule has 118 valence electrons. The van der Waals surface area contributed by atoms with Crippen LogP contribution in [0.4, 0.5) is 5.69 Å². The summed E-state index contributed by atoms with van der Waals surface area (Å²) in [6, 6.07) is 10.7. The first-order valence-corrected chi connectivity index (χ1v) is 7.50. The molecule has 0 bridgehead atoms. The Morgan fingerprint density at radius 2 is 2.04 bits per heavy atom. The van der Waals surface area contributed by atoms with E-state index in [1.807, 2.05) is 18.3 Å². The molecule has 24 heavy (non-hydrogen) atoms. The molecular formula is C16H11ClN6O. The zero-order valence-corrected chi connectivity index (χ0v) is 13.0. The summed E-state index contributed by atoms with van der Waals surface area (Å²) >= 11 is 6.06. The van der Waals surface area contributed by atoms with Crippen LogP contribution in [0.2, 0.25) is 5.02 Å². The molecule has 0 aliphatic carbocycles. The number of anilines is 1. The number of nitrogens with one attached hydrogen (secondary N) is 2. The lowest BCUT2D eigenvalue weighted by Crippen LogP contribution is -2.12. The number of halogens is 1. The van der Waals surface area contributed by atoms with E-state index in [0.717, 1.165) is 5.56 Å². The predicted octanol–water partition coefficient (Wildman–Crippen LogP) is 3.03. The van der Waals surface area contributed by atoms with Crippen molar-refractivity contribution in [1.29, 1.82) is 0 Å². The highest BCUT2D eigenvalue weighted by Crippen LogP contribution is 2.21. The highest BCUT2D eigenvalue weighted by Gasteiger charge is 2.13. The Kier molecular flexibility index (Phi) is 3.47. The number of carbonyl (C=O) groups is 1. The van der Waals surface area contributed by atoms with Crippen molar-refractivity contribution >= 4 is 28.8 Å². The minimum absolute atomic E-state index is 0.298. The molecule has 2 N–H and O–H groups in total. The standard InChI is InChI=1S/C16H11ClN6O/c17-11-3-1-2-4-12(11)20-16(24)14-9-23-8-10(5-6-15(23)19-14)13-7-18-22-21-13/h1-9H,(H,20,24)(H,18,21,22). The average molecular weight is 339 g/mol. The topological polar surface area (TPSA) is 88.0 Å². The van der Waals surface area contributed by atoms with Crippen molar-refractivity contribution in [1.82, 2.24) is 24.8 Å². The molecule has 8 heteroatoms. The third-order valence-electron chi connectivity index (χ3n) is 3.52. The van der Waals surface area contributed by atoms with E-state index in [9.17, 15) is 4.79 Å². The zero-order valence-electron chi connectivity index (χ0n) is 12.3. The minimum atomic E-state index is -0.324. The Labute approximate surface area is 141 Å². The third kappa shape index (κ3) is 2.61. The van der Waals surface area contributed by atoms with Crippen LogP contribution >= 0.6 is 11.6 Å². The number of para-hydroxylation sites is 1.